The van der Waals surface area contributed by atoms with Gasteiger partial charge >= 0.3 is 0 Å². The molecular weight excluding hydrogens is 506 g/mol. The maximum Gasteiger partial charge on any atom is 0.240 e. The van der Waals surface area contributed by atoms with E-state index in [9.17, 15) is 9.59 Å². The third-order valence-corrected chi connectivity index (χ3v) is 5.64. The van der Waals surface area contributed by atoms with Crippen LogP contribution in [0.1, 0.15) is 56.1 Å². The molecule has 0 bridgehead atoms. The number of carbonyl (C=O) groups is 2. The fourth-order valence-electron chi connectivity index (χ4n) is 2.77. The Kier molecular flexibility index (Phi) is 12.3. The van der Waals surface area contributed by atoms with Crippen LogP contribution in [0.4, 0.5) is 0 Å². The fraction of sp³-hybridized carbons (Fsp3) is 0.304. The molecule has 2 amide bonds. The molecule has 0 unspecified atom stereocenters. The van der Waals surface area contributed by atoms with Crippen molar-refractivity contribution in [2.24, 2.45) is 10.2 Å². The molecule has 0 atom stereocenters. The maximum atomic E-state index is 11.8. The zero-order valence-corrected chi connectivity index (χ0v) is 20.8. The number of halogens is 4. The van der Waals surface area contributed by atoms with Crippen molar-refractivity contribution in [2.45, 2.75) is 44.9 Å². The van der Waals surface area contributed by atoms with Crippen molar-refractivity contribution < 1.29 is 9.59 Å². The van der Waals surface area contributed by atoms with Crippen molar-refractivity contribution >= 4 is 70.6 Å². The molecule has 0 spiro atoms. The Morgan fingerprint density at radius 2 is 1.06 bits per heavy atom. The lowest BCUT2D eigenvalue weighted by atomic mass is 10.1. The number of hydrazone groups is 2. The molecule has 0 aliphatic carbocycles. The molecule has 0 aromatic heterocycles. The third-order valence-electron chi connectivity index (χ3n) is 4.52. The second-order valence-corrected chi connectivity index (χ2v) is 8.87. The second kappa shape index (κ2) is 14.9. The molecule has 2 aromatic carbocycles. The molecule has 6 nitrogen and oxygen atoms in total. The van der Waals surface area contributed by atoms with Crippen LogP contribution >= 0.6 is 46.4 Å². The highest BCUT2D eigenvalue weighted by atomic mass is 35.5. The summed E-state index contributed by atoms with van der Waals surface area (Å²) in [5.41, 5.74) is 6.31. The highest BCUT2D eigenvalue weighted by molar-refractivity contribution is 6.36. The predicted molar refractivity (Wildman–Crippen MR) is 137 cm³/mol. The van der Waals surface area contributed by atoms with Gasteiger partial charge in [0.15, 0.2) is 0 Å². The van der Waals surface area contributed by atoms with Gasteiger partial charge in [-0.2, -0.15) is 10.2 Å². The summed E-state index contributed by atoms with van der Waals surface area (Å²) >= 11 is 23.8. The number of nitrogens with one attached hydrogen (secondary N) is 2. The smallest absolute Gasteiger partial charge is 0.240 e. The summed E-state index contributed by atoms with van der Waals surface area (Å²) in [5.74, 6) is -0.316. The summed E-state index contributed by atoms with van der Waals surface area (Å²) < 4.78 is 0. The molecule has 0 saturated heterocycles. The van der Waals surface area contributed by atoms with Gasteiger partial charge in [0.2, 0.25) is 11.8 Å². The Morgan fingerprint density at radius 1 is 0.667 bits per heavy atom. The Hall–Kier alpha value is -2.12. The van der Waals surface area contributed by atoms with Crippen molar-refractivity contribution in [3.05, 3.63) is 67.6 Å². The SMILES string of the molecule is O=C(CCCCCCCC(=O)N/N=C\c1ccc(Cl)cc1Cl)N/N=C\c1ccc(Cl)cc1Cl. The maximum absolute atomic E-state index is 11.8. The van der Waals surface area contributed by atoms with Crippen LogP contribution in [0.25, 0.3) is 0 Å². The van der Waals surface area contributed by atoms with Gasteiger partial charge in [-0.25, -0.2) is 10.9 Å². The molecule has 2 rings (SSSR count). The van der Waals surface area contributed by atoms with Crippen molar-refractivity contribution in [1.82, 2.24) is 10.9 Å². The van der Waals surface area contributed by atoms with E-state index in [0.29, 0.717) is 44.1 Å². The summed E-state index contributed by atoms with van der Waals surface area (Å²) in [4.78, 5) is 23.7. The van der Waals surface area contributed by atoms with Gasteiger partial charge in [0.25, 0.3) is 0 Å². The van der Waals surface area contributed by atoms with Gasteiger partial charge in [-0.05, 0) is 37.1 Å². The van der Waals surface area contributed by atoms with Gasteiger partial charge in [0, 0.05) is 34.0 Å². The topological polar surface area (TPSA) is 82.9 Å². The normalized spacial score (nSPS) is 11.3. The molecule has 2 N–H and O–H groups in total. The van der Waals surface area contributed by atoms with Gasteiger partial charge in [-0.15, -0.1) is 0 Å². The quantitative estimate of drug-likeness (QED) is 0.184. The standard InChI is InChI=1S/C23H24Cl4N4O2/c24-18-10-8-16(20(26)12-18)14-28-30-22(32)6-4-2-1-3-5-7-23(33)31-29-15-17-9-11-19(25)13-21(17)27/h8-15H,1-7H2,(H,30,32)(H,31,33)/b28-14-,29-15-. The molecule has 176 valence electrons. The number of unbranched alkanes of at least 4 members (excludes halogenated alkanes) is 4. The summed E-state index contributed by atoms with van der Waals surface area (Å²) in [6.07, 6.45) is 7.97. The first-order valence-electron chi connectivity index (χ1n) is 10.4. The number of rotatable bonds is 12. The molecule has 0 fully saturated rings. The highest BCUT2D eigenvalue weighted by Gasteiger charge is 2.03. The van der Waals surface area contributed by atoms with E-state index in [4.69, 9.17) is 46.4 Å². The summed E-state index contributed by atoms with van der Waals surface area (Å²) in [6.45, 7) is 0. The zero-order valence-electron chi connectivity index (χ0n) is 17.8. The van der Waals surface area contributed by atoms with E-state index in [1.54, 1.807) is 36.4 Å². The van der Waals surface area contributed by atoms with Gasteiger partial charge in [0.05, 0.1) is 22.5 Å². The number of nitrogens with zero attached hydrogens (tertiary/aromatic N) is 2. The number of carbonyl (C=O) groups excluding carboxylic acids is 2. The van der Waals surface area contributed by atoms with E-state index in [-0.39, 0.29) is 11.8 Å². The first-order valence-corrected chi connectivity index (χ1v) is 11.9. The Balaban J connectivity index is 1.51. The second-order valence-electron chi connectivity index (χ2n) is 7.19. The lowest BCUT2D eigenvalue weighted by Crippen LogP contribution is -2.17. The molecule has 0 aliphatic rings. The molecule has 33 heavy (non-hydrogen) atoms. The monoisotopic (exact) mass is 528 g/mol. The minimum atomic E-state index is -0.158. The van der Waals surface area contributed by atoms with E-state index in [1.807, 2.05) is 0 Å². The van der Waals surface area contributed by atoms with Crippen LogP contribution in [0.2, 0.25) is 20.1 Å². The average molecular weight is 530 g/mol. The Labute approximate surface area is 213 Å². The van der Waals surface area contributed by atoms with Gasteiger partial charge < -0.3 is 0 Å². The van der Waals surface area contributed by atoms with Crippen LogP contribution in [0.15, 0.2) is 46.6 Å². The van der Waals surface area contributed by atoms with Crippen molar-refractivity contribution in [1.29, 1.82) is 0 Å². The zero-order chi connectivity index (χ0) is 24.1. The number of hydrogen-bond acceptors (Lipinski definition) is 4. The van der Waals surface area contributed by atoms with E-state index in [0.717, 1.165) is 32.1 Å². The molecular formula is C23H24Cl4N4O2. The molecule has 10 heteroatoms. The Bertz CT molecular complexity index is 932. The number of amides is 2. The van der Waals surface area contributed by atoms with Crippen molar-refractivity contribution in [2.75, 3.05) is 0 Å². The van der Waals surface area contributed by atoms with Crippen LogP contribution in [-0.2, 0) is 9.59 Å². The lowest BCUT2D eigenvalue weighted by Gasteiger charge is -2.03. The first-order chi connectivity index (χ1) is 15.8. The van der Waals surface area contributed by atoms with Gasteiger partial charge in [-0.1, -0.05) is 77.8 Å². The number of benzene rings is 2. The van der Waals surface area contributed by atoms with E-state index >= 15 is 0 Å². The van der Waals surface area contributed by atoms with Gasteiger partial charge in [0.1, 0.15) is 0 Å². The number of hydrogen-bond donors (Lipinski definition) is 2. The fourth-order valence-corrected chi connectivity index (χ4v) is 3.69. The van der Waals surface area contributed by atoms with Crippen LogP contribution < -0.4 is 10.9 Å². The molecule has 0 saturated carbocycles. The van der Waals surface area contributed by atoms with Crippen LogP contribution in [-0.4, -0.2) is 24.2 Å². The minimum Gasteiger partial charge on any atom is -0.273 e. The lowest BCUT2D eigenvalue weighted by molar-refractivity contribution is -0.121. The molecule has 2 aromatic rings. The van der Waals surface area contributed by atoms with E-state index < -0.39 is 0 Å². The van der Waals surface area contributed by atoms with E-state index in [2.05, 4.69) is 21.1 Å². The van der Waals surface area contributed by atoms with Crippen LogP contribution in [0.3, 0.4) is 0 Å². The van der Waals surface area contributed by atoms with E-state index in [1.165, 1.54) is 12.4 Å². The Morgan fingerprint density at radius 3 is 1.45 bits per heavy atom. The summed E-state index contributed by atoms with van der Waals surface area (Å²) in [7, 11) is 0. The van der Waals surface area contributed by atoms with Crippen molar-refractivity contribution in [3.63, 3.8) is 0 Å². The largest absolute Gasteiger partial charge is 0.273 e. The predicted octanol–water partition coefficient (Wildman–Crippen LogP) is 6.63. The van der Waals surface area contributed by atoms with Crippen molar-refractivity contribution in [3.8, 4) is 0 Å². The molecule has 0 heterocycles. The third kappa shape index (κ3) is 11.0. The van der Waals surface area contributed by atoms with Crippen LogP contribution in [0.5, 0.6) is 0 Å². The summed E-state index contributed by atoms with van der Waals surface area (Å²) in [6, 6.07) is 10.1. The average Bonchev–Trinajstić information content (AvgIpc) is 2.76. The van der Waals surface area contributed by atoms with Gasteiger partial charge in [-0.3, -0.25) is 9.59 Å². The minimum absolute atomic E-state index is 0.158. The molecule has 0 aliphatic heterocycles. The highest BCUT2D eigenvalue weighted by Crippen LogP contribution is 2.20. The first kappa shape index (κ1) is 27.1. The summed E-state index contributed by atoms with van der Waals surface area (Å²) in [5, 5.41) is 9.83. The van der Waals surface area contributed by atoms with Crippen LogP contribution in [0, 0.1) is 0 Å². The molecule has 0 radical (unpaired) electrons.